The highest BCUT2D eigenvalue weighted by atomic mass is 16.4. The first-order valence-corrected chi connectivity index (χ1v) is 7.45. The lowest BCUT2D eigenvalue weighted by Gasteiger charge is -2.08. The second kappa shape index (κ2) is 14.2. The van der Waals surface area contributed by atoms with Gasteiger partial charge in [-0.1, -0.05) is 0 Å². The Morgan fingerprint density at radius 1 is 0.808 bits per heavy atom. The van der Waals surface area contributed by atoms with Crippen molar-refractivity contribution < 1.29 is 39.0 Å². The van der Waals surface area contributed by atoms with Crippen molar-refractivity contribution in [3.8, 4) is 0 Å². The van der Waals surface area contributed by atoms with Crippen LogP contribution in [0.1, 0.15) is 27.2 Å². The van der Waals surface area contributed by atoms with Crippen LogP contribution in [0, 0.1) is 0 Å². The summed E-state index contributed by atoms with van der Waals surface area (Å²) in [5.41, 5.74) is 0. The number of carboxylic acid groups (broad SMARTS) is 2. The lowest BCUT2D eigenvalue weighted by molar-refractivity contribution is -0.141. The van der Waals surface area contributed by atoms with Crippen LogP contribution in [0.25, 0.3) is 0 Å². The van der Waals surface area contributed by atoms with E-state index < -0.39 is 29.8 Å². The predicted molar refractivity (Wildman–Crippen MR) is 87.9 cm³/mol. The third kappa shape index (κ3) is 18.9. The smallest absolute Gasteiger partial charge is 0.325 e. The Hall–Kier alpha value is -3.18. The standard InChI is InChI=1S/2C7H12N2O4/c1-4(7(12)13)9-6(11)3-8-5(2)10;1-5(10)9-4-6(11)8-3-2-7(12)13/h4H,3H2,1-2H3,(H,8,10)(H,9,11)(H,12,13);2-4H2,1H3,(H,8,11)(H,9,10)(H,12,13). The minimum atomic E-state index is -1.11. The van der Waals surface area contributed by atoms with Crippen molar-refractivity contribution in [2.45, 2.75) is 33.2 Å². The molecule has 26 heavy (non-hydrogen) atoms. The van der Waals surface area contributed by atoms with Gasteiger partial charge in [-0.25, -0.2) is 0 Å². The second-order valence-electron chi connectivity index (χ2n) is 4.94. The Labute approximate surface area is 149 Å². The molecule has 0 aliphatic heterocycles. The lowest BCUT2D eigenvalue weighted by Crippen LogP contribution is -2.43. The Morgan fingerprint density at radius 2 is 1.27 bits per heavy atom. The van der Waals surface area contributed by atoms with Crippen molar-refractivity contribution in [2.75, 3.05) is 19.6 Å². The summed E-state index contributed by atoms with van der Waals surface area (Å²) >= 11 is 0. The van der Waals surface area contributed by atoms with Crippen LogP contribution in [0.4, 0.5) is 0 Å². The summed E-state index contributed by atoms with van der Waals surface area (Å²) in [7, 11) is 0. The molecular formula is C14H24N4O8. The van der Waals surface area contributed by atoms with E-state index in [1.165, 1.54) is 20.8 Å². The normalized spacial score (nSPS) is 10.3. The average Bonchev–Trinajstić information content (AvgIpc) is 2.51. The number of hydrogen-bond donors (Lipinski definition) is 6. The van der Waals surface area contributed by atoms with E-state index >= 15 is 0 Å². The third-order valence-electron chi connectivity index (χ3n) is 2.40. The SMILES string of the molecule is CC(=O)NCC(=O)NC(C)C(=O)O.CC(=O)NCC(=O)NCCC(=O)O. The van der Waals surface area contributed by atoms with Gasteiger partial charge >= 0.3 is 11.9 Å². The van der Waals surface area contributed by atoms with Crippen LogP contribution in [0.15, 0.2) is 0 Å². The van der Waals surface area contributed by atoms with Gasteiger partial charge < -0.3 is 31.5 Å². The minimum absolute atomic E-state index is 0.0771. The van der Waals surface area contributed by atoms with Crippen LogP contribution in [0.5, 0.6) is 0 Å². The molecule has 0 bridgehead atoms. The van der Waals surface area contributed by atoms with E-state index in [4.69, 9.17) is 10.2 Å². The number of rotatable bonds is 9. The zero-order valence-electron chi connectivity index (χ0n) is 14.7. The van der Waals surface area contributed by atoms with Crippen LogP contribution in [0.3, 0.4) is 0 Å². The van der Waals surface area contributed by atoms with Crippen LogP contribution >= 0.6 is 0 Å². The molecule has 0 radical (unpaired) electrons. The fourth-order valence-electron chi connectivity index (χ4n) is 1.14. The monoisotopic (exact) mass is 376 g/mol. The zero-order valence-corrected chi connectivity index (χ0v) is 14.7. The van der Waals surface area contributed by atoms with Gasteiger partial charge in [0.25, 0.3) is 0 Å². The number of nitrogens with one attached hydrogen (secondary N) is 4. The summed E-state index contributed by atoms with van der Waals surface area (Å²) in [4.78, 5) is 62.7. The summed E-state index contributed by atoms with van der Waals surface area (Å²) in [5.74, 6) is -3.64. The summed E-state index contributed by atoms with van der Waals surface area (Å²) in [6.45, 7) is 3.67. The molecule has 12 heteroatoms. The van der Waals surface area contributed by atoms with E-state index in [9.17, 15) is 28.8 Å². The Balaban J connectivity index is 0. The average molecular weight is 376 g/mol. The van der Waals surface area contributed by atoms with E-state index in [1.54, 1.807) is 0 Å². The second-order valence-corrected chi connectivity index (χ2v) is 4.94. The van der Waals surface area contributed by atoms with Crippen LogP contribution in [-0.2, 0) is 28.8 Å². The maximum Gasteiger partial charge on any atom is 0.325 e. The highest BCUT2D eigenvalue weighted by molar-refractivity contribution is 5.87. The Bertz CT molecular complexity index is 535. The number of carbonyl (C=O) groups is 6. The highest BCUT2D eigenvalue weighted by Crippen LogP contribution is 1.80. The van der Waals surface area contributed by atoms with E-state index in [-0.39, 0.29) is 37.9 Å². The molecule has 0 saturated carbocycles. The summed E-state index contributed by atoms with van der Waals surface area (Å²) in [5, 5.41) is 25.7. The molecule has 6 N–H and O–H groups in total. The first-order valence-electron chi connectivity index (χ1n) is 7.45. The van der Waals surface area contributed by atoms with Gasteiger partial charge in [0.05, 0.1) is 19.5 Å². The fraction of sp³-hybridized carbons (Fsp3) is 0.571. The molecule has 0 spiro atoms. The van der Waals surface area contributed by atoms with Gasteiger partial charge in [-0.3, -0.25) is 28.8 Å². The van der Waals surface area contributed by atoms with Gasteiger partial charge in [-0.15, -0.1) is 0 Å². The largest absolute Gasteiger partial charge is 0.481 e. The van der Waals surface area contributed by atoms with E-state index in [0.29, 0.717) is 0 Å². The molecule has 0 aliphatic carbocycles. The number of carboxylic acids is 2. The van der Waals surface area contributed by atoms with E-state index in [2.05, 4.69) is 21.3 Å². The molecule has 148 valence electrons. The third-order valence-corrected chi connectivity index (χ3v) is 2.40. The van der Waals surface area contributed by atoms with Crippen molar-refractivity contribution in [1.29, 1.82) is 0 Å². The molecule has 0 saturated heterocycles. The maximum atomic E-state index is 10.9. The first kappa shape index (κ1) is 25.1. The molecular weight excluding hydrogens is 352 g/mol. The zero-order chi connectivity index (χ0) is 20.7. The Morgan fingerprint density at radius 3 is 1.65 bits per heavy atom. The van der Waals surface area contributed by atoms with Gasteiger partial charge in [-0.2, -0.15) is 0 Å². The molecule has 0 aromatic carbocycles. The van der Waals surface area contributed by atoms with Gasteiger partial charge in [0.15, 0.2) is 0 Å². The number of amides is 4. The highest BCUT2D eigenvalue weighted by Gasteiger charge is 2.13. The molecule has 4 amide bonds. The number of hydrogen-bond acceptors (Lipinski definition) is 6. The quantitative estimate of drug-likeness (QED) is 0.253. The minimum Gasteiger partial charge on any atom is -0.481 e. The molecule has 0 heterocycles. The molecule has 0 fully saturated rings. The number of aliphatic carboxylic acids is 2. The molecule has 0 aromatic heterocycles. The maximum absolute atomic E-state index is 10.9. The molecule has 0 aliphatic rings. The Kier molecular flexibility index (Phi) is 13.7. The van der Waals surface area contributed by atoms with Crippen molar-refractivity contribution in [3.05, 3.63) is 0 Å². The molecule has 0 rings (SSSR count). The van der Waals surface area contributed by atoms with Crippen molar-refractivity contribution in [1.82, 2.24) is 21.3 Å². The first-order chi connectivity index (χ1) is 12.0. The molecule has 0 aromatic rings. The fourth-order valence-corrected chi connectivity index (χ4v) is 1.14. The van der Waals surface area contributed by atoms with E-state index in [0.717, 1.165) is 0 Å². The van der Waals surface area contributed by atoms with Crippen LogP contribution in [-0.4, -0.2) is 71.5 Å². The summed E-state index contributed by atoms with van der Waals surface area (Å²) in [6, 6.07) is -0.943. The van der Waals surface area contributed by atoms with E-state index in [1.807, 2.05) is 0 Å². The molecule has 12 nitrogen and oxygen atoms in total. The predicted octanol–water partition coefficient (Wildman–Crippen LogP) is -2.57. The number of carbonyl (C=O) groups excluding carboxylic acids is 4. The van der Waals surface area contributed by atoms with Crippen molar-refractivity contribution in [2.24, 2.45) is 0 Å². The lowest BCUT2D eigenvalue weighted by atomic mass is 10.3. The molecule has 1 unspecified atom stereocenters. The topological polar surface area (TPSA) is 191 Å². The van der Waals surface area contributed by atoms with Crippen LogP contribution in [0.2, 0.25) is 0 Å². The van der Waals surface area contributed by atoms with Crippen LogP contribution < -0.4 is 21.3 Å². The molecule has 1 atom stereocenters. The van der Waals surface area contributed by atoms with Gasteiger partial charge in [0, 0.05) is 20.4 Å². The van der Waals surface area contributed by atoms with Gasteiger partial charge in [-0.05, 0) is 6.92 Å². The van der Waals surface area contributed by atoms with Crippen molar-refractivity contribution >= 4 is 35.6 Å². The summed E-state index contributed by atoms with van der Waals surface area (Å²) < 4.78 is 0. The van der Waals surface area contributed by atoms with Crippen molar-refractivity contribution in [3.63, 3.8) is 0 Å². The van der Waals surface area contributed by atoms with Gasteiger partial charge in [0.2, 0.25) is 23.6 Å². The van der Waals surface area contributed by atoms with Gasteiger partial charge in [0.1, 0.15) is 6.04 Å². The summed E-state index contributed by atoms with van der Waals surface area (Å²) in [6.07, 6.45) is -0.119.